The second kappa shape index (κ2) is 6.54. The van der Waals surface area contributed by atoms with Crippen LogP contribution in [-0.4, -0.2) is 35.2 Å². The van der Waals surface area contributed by atoms with E-state index in [2.05, 4.69) is 4.98 Å². The first-order chi connectivity index (χ1) is 9.67. The van der Waals surface area contributed by atoms with Gasteiger partial charge in [0.2, 0.25) is 0 Å². The first-order valence-electron chi connectivity index (χ1n) is 7.06. The van der Waals surface area contributed by atoms with Gasteiger partial charge in [-0.1, -0.05) is 0 Å². The quantitative estimate of drug-likeness (QED) is 0.775. The van der Waals surface area contributed by atoms with E-state index in [1.165, 1.54) is 7.11 Å². The Bertz CT molecular complexity index is 527. The summed E-state index contributed by atoms with van der Waals surface area (Å²) in [6.07, 6.45) is 6.60. The number of carbonyl (C=O) groups is 1. The van der Waals surface area contributed by atoms with Crippen LogP contribution in [0, 0.1) is 0 Å². The topological polar surface area (TPSA) is 64.4 Å². The Kier molecular flexibility index (Phi) is 4.76. The predicted molar refractivity (Wildman–Crippen MR) is 75.8 cm³/mol. The van der Waals surface area contributed by atoms with Gasteiger partial charge in [-0.3, -0.25) is 9.59 Å². The average Bonchev–Trinajstić information content (AvgIpc) is 2.48. The van der Waals surface area contributed by atoms with E-state index in [-0.39, 0.29) is 17.6 Å². The number of carbonyl (C=O) groups excluding carboxylic acids is 1. The van der Waals surface area contributed by atoms with Gasteiger partial charge in [0.15, 0.2) is 5.82 Å². The number of hydrogen-bond acceptors (Lipinski definition) is 5. The molecule has 0 aromatic carbocycles. The number of aryl methyl sites for hydroxylation is 1. The monoisotopic (exact) mass is 279 g/mol. The van der Waals surface area contributed by atoms with E-state index in [4.69, 9.17) is 4.74 Å². The maximum absolute atomic E-state index is 12.3. The number of methoxy groups -OCH3 is 1. The molecular formula is C14H21N3O3. The summed E-state index contributed by atoms with van der Waals surface area (Å²) in [5, 5.41) is 0. The molecule has 6 nitrogen and oxygen atoms in total. The van der Waals surface area contributed by atoms with Gasteiger partial charge in [-0.05, 0) is 26.2 Å². The lowest BCUT2D eigenvalue weighted by Crippen LogP contribution is -2.45. The smallest absolute Gasteiger partial charge is 0.307 e. The van der Waals surface area contributed by atoms with Crippen molar-refractivity contribution in [3.05, 3.63) is 22.7 Å². The molecule has 0 bridgehead atoms. The number of nitrogens with zero attached hydrogens (tertiary/aromatic N) is 3. The van der Waals surface area contributed by atoms with Crippen LogP contribution in [0.5, 0.6) is 0 Å². The van der Waals surface area contributed by atoms with E-state index in [9.17, 15) is 9.59 Å². The third-order valence-electron chi connectivity index (χ3n) is 3.77. The molecule has 0 aliphatic carbocycles. The van der Waals surface area contributed by atoms with Crippen molar-refractivity contribution in [2.24, 2.45) is 0 Å². The minimum absolute atomic E-state index is 0.00380. The Labute approximate surface area is 118 Å². The van der Waals surface area contributed by atoms with E-state index >= 15 is 0 Å². The van der Waals surface area contributed by atoms with E-state index < -0.39 is 0 Å². The Morgan fingerprint density at radius 3 is 3.00 bits per heavy atom. The van der Waals surface area contributed by atoms with Gasteiger partial charge in [-0.2, -0.15) is 0 Å². The third-order valence-corrected chi connectivity index (χ3v) is 3.77. The fraction of sp³-hybridized carbons (Fsp3) is 0.643. The Morgan fingerprint density at radius 2 is 2.30 bits per heavy atom. The van der Waals surface area contributed by atoms with Crippen molar-refractivity contribution in [1.82, 2.24) is 9.55 Å². The second-order valence-corrected chi connectivity index (χ2v) is 4.97. The molecule has 2 heterocycles. The maximum atomic E-state index is 12.3. The minimum Gasteiger partial charge on any atom is -0.469 e. The average molecular weight is 279 g/mol. The van der Waals surface area contributed by atoms with Crippen LogP contribution in [0.25, 0.3) is 0 Å². The molecule has 0 N–H and O–H groups in total. The number of anilines is 1. The zero-order valence-electron chi connectivity index (χ0n) is 12.0. The molecule has 2 rings (SSSR count). The highest BCUT2D eigenvalue weighted by Gasteiger charge is 2.28. The summed E-state index contributed by atoms with van der Waals surface area (Å²) in [5.41, 5.74) is -0.0910. The summed E-state index contributed by atoms with van der Waals surface area (Å²) in [7, 11) is 1.39. The zero-order chi connectivity index (χ0) is 14.5. The standard InChI is InChI=1S/C14H21N3O3/c1-3-16-9-7-15-13(14(16)19)17-8-5-4-6-11(17)10-12(18)20-2/h7,9,11H,3-6,8,10H2,1-2H3. The second-order valence-electron chi connectivity index (χ2n) is 4.97. The number of rotatable bonds is 4. The first kappa shape index (κ1) is 14.6. The lowest BCUT2D eigenvalue weighted by atomic mass is 9.99. The van der Waals surface area contributed by atoms with Crippen molar-refractivity contribution < 1.29 is 9.53 Å². The molecule has 1 unspecified atom stereocenters. The van der Waals surface area contributed by atoms with Crippen LogP contribution in [0.4, 0.5) is 5.82 Å². The van der Waals surface area contributed by atoms with E-state index in [0.717, 1.165) is 25.8 Å². The van der Waals surface area contributed by atoms with Gasteiger partial charge < -0.3 is 14.2 Å². The molecule has 6 heteroatoms. The van der Waals surface area contributed by atoms with Crippen LogP contribution < -0.4 is 10.5 Å². The summed E-state index contributed by atoms with van der Waals surface area (Å²) in [5.74, 6) is 0.205. The largest absolute Gasteiger partial charge is 0.469 e. The molecular weight excluding hydrogens is 258 g/mol. The van der Waals surface area contributed by atoms with Crippen LogP contribution in [0.2, 0.25) is 0 Å². The molecule has 0 amide bonds. The van der Waals surface area contributed by atoms with Crippen LogP contribution in [0.1, 0.15) is 32.6 Å². The number of ether oxygens (including phenoxy) is 1. The van der Waals surface area contributed by atoms with E-state index in [1.54, 1.807) is 17.0 Å². The third kappa shape index (κ3) is 3.00. The van der Waals surface area contributed by atoms with E-state index in [1.807, 2.05) is 11.8 Å². The van der Waals surface area contributed by atoms with Crippen molar-refractivity contribution in [3.8, 4) is 0 Å². The summed E-state index contributed by atoms with van der Waals surface area (Å²) in [6.45, 7) is 3.30. The van der Waals surface area contributed by atoms with E-state index in [0.29, 0.717) is 18.8 Å². The van der Waals surface area contributed by atoms with Gasteiger partial charge >= 0.3 is 5.97 Å². The number of piperidine rings is 1. The highest BCUT2D eigenvalue weighted by molar-refractivity contribution is 5.70. The summed E-state index contributed by atoms with van der Waals surface area (Å²) >= 11 is 0. The molecule has 1 saturated heterocycles. The van der Waals surface area contributed by atoms with Crippen LogP contribution in [-0.2, 0) is 16.1 Å². The Balaban J connectivity index is 2.28. The van der Waals surface area contributed by atoms with Crippen molar-refractivity contribution in [2.75, 3.05) is 18.6 Å². The Morgan fingerprint density at radius 1 is 1.50 bits per heavy atom. The van der Waals surface area contributed by atoms with Crippen molar-refractivity contribution in [3.63, 3.8) is 0 Å². The number of esters is 1. The van der Waals surface area contributed by atoms with Gasteiger partial charge in [0.05, 0.1) is 13.5 Å². The minimum atomic E-state index is -0.242. The van der Waals surface area contributed by atoms with Crippen LogP contribution >= 0.6 is 0 Å². The lowest BCUT2D eigenvalue weighted by molar-refractivity contribution is -0.141. The highest BCUT2D eigenvalue weighted by atomic mass is 16.5. The highest BCUT2D eigenvalue weighted by Crippen LogP contribution is 2.23. The fourth-order valence-corrected chi connectivity index (χ4v) is 2.65. The predicted octanol–water partition coefficient (Wildman–Crippen LogP) is 1.19. The van der Waals surface area contributed by atoms with Crippen LogP contribution in [0.15, 0.2) is 17.2 Å². The van der Waals surface area contributed by atoms with Crippen molar-refractivity contribution in [2.45, 2.75) is 45.2 Å². The summed E-state index contributed by atoms with van der Waals surface area (Å²) in [6, 6.07) is 0.00380. The molecule has 110 valence electrons. The maximum Gasteiger partial charge on any atom is 0.307 e. The van der Waals surface area contributed by atoms with Gasteiger partial charge in [0.1, 0.15) is 0 Å². The number of aromatic nitrogens is 2. The number of hydrogen-bond donors (Lipinski definition) is 0. The van der Waals surface area contributed by atoms with Gasteiger partial charge in [-0.15, -0.1) is 0 Å². The van der Waals surface area contributed by atoms with Gasteiger partial charge in [-0.25, -0.2) is 4.98 Å². The first-order valence-corrected chi connectivity index (χ1v) is 7.06. The summed E-state index contributed by atoms with van der Waals surface area (Å²) < 4.78 is 6.37. The molecule has 0 spiro atoms. The molecule has 0 saturated carbocycles. The molecule has 1 aliphatic rings. The SMILES string of the molecule is CCn1ccnc(N2CCCCC2CC(=O)OC)c1=O. The van der Waals surface area contributed by atoms with Crippen LogP contribution in [0.3, 0.4) is 0 Å². The molecule has 1 aromatic rings. The van der Waals surface area contributed by atoms with Gasteiger partial charge in [0, 0.05) is 31.5 Å². The van der Waals surface area contributed by atoms with Gasteiger partial charge in [0.25, 0.3) is 5.56 Å². The molecule has 1 atom stereocenters. The molecule has 1 aromatic heterocycles. The summed E-state index contributed by atoms with van der Waals surface area (Å²) in [4.78, 5) is 30.1. The molecule has 20 heavy (non-hydrogen) atoms. The fourth-order valence-electron chi connectivity index (χ4n) is 2.65. The lowest BCUT2D eigenvalue weighted by Gasteiger charge is -2.35. The molecule has 1 aliphatic heterocycles. The normalized spacial score (nSPS) is 18.9. The molecule has 1 fully saturated rings. The molecule has 0 radical (unpaired) electrons. The zero-order valence-corrected chi connectivity index (χ0v) is 12.0. The Hall–Kier alpha value is -1.85. The van der Waals surface area contributed by atoms with Crippen molar-refractivity contribution >= 4 is 11.8 Å². The van der Waals surface area contributed by atoms with Crippen molar-refractivity contribution in [1.29, 1.82) is 0 Å².